The average Bonchev–Trinajstić information content (AvgIpc) is 2.94. The van der Waals surface area contributed by atoms with E-state index in [9.17, 15) is 5.11 Å². The van der Waals surface area contributed by atoms with Crippen LogP contribution in [-0.2, 0) is 0 Å². The van der Waals surface area contributed by atoms with E-state index in [2.05, 4.69) is 6.07 Å². The molecule has 0 spiro atoms. The molecule has 0 amide bonds. The normalized spacial score (nSPS) is 21.6. The first-order chi connectivity index (χ1) is 10.6. The van der Waals surface area contributed by atoms with Gasteiger partial charge in [-0.1, -0.05) is 30.3 Å². The zero-order valence-electron chi connectivity index (χ0n) is 12.7. The van der Waals surface area contributed by atoms with E-state index in [0.717, 1.165) is 29.0 Å². The van der Waals surface area contributed by atoms with Crippen LogP contribution < -0.4 is 4.74 Å². The highest BCUT2D eigenvalue weighted by Crippen LogP contribution is 2.46. The fourth-order valence-electron chi connectivity index (χ4n) is 3.29. The number of para-hydroxylation sites is 2. The minimum absolute atomic E-state index is 0.148. The number of hydrazone groups is 1. The van der Waals surface area contributed by atoms with Gasteiger partial charge in [-0.05, 0) is 32.0 Å². The van der Waals surface area contributed by atoms with Gasteiger partial charge < -0.3 is 9.84 Å². The Hall–Kier alpha value is -2.49. The third-order valence-corrected chi connectivity index (χ3v) is 4.31. The van der Waals surface area contributed by atoms with E-state index in [1.165, 1.54) is 0 Å². The van der Waals surface area contributed by atoms with Crippen molar-refractivity contribution >= 4 is 5.71 Å². The van der Waals surface area contributed by atoms with Crippen LogP contribution in [0.4, 0.5) is 0 Å². The predicted molar refractivity (Wildman–Crippen MR) is 85.0 cm³/mol. The van der Waals surface area contributed by atoms with Crippen LogP contribution in [0.1, 0.15) is 37.4 Å². The monoisotopic (exact) mass is 294 g/mol. The summed E-state index contributed by atoms with van der Waals surface area (Å²) < 4.78 is 6.10. The molecule has 0 bridgehead atoms. The number of phenols is 1. The number of aromatic hydroxyl groups is 1. The topological polar surface area (TPSA) is 45.1 Å². The van der Waals surface area contributed by atoms with Gasteiger partial charge in [-0.15, -0.1) is 0 Å². The molecule has 1 atom stereocenters. The molecular formula is C18H18N2O2. The summed E-state index contributed by atoms with van der Waals surface area (Å²) >= 11 is 0. The van der Waals surface area contributed by atoms with Gasteiger partial charge in [-0.2, -0.15) is 5.10 Å². The fourth-order valence-corrected chi connectivity index (χ4v) is 3.29. The minimum Gasteiger partial charge on any atom is -0.507 e. The molecule has 2 aromatic carbocycles. The molecule has 0 saturated heterocycles. The van der Waals surface area contributed by atoms with Crippen LogP contribution in [0.15, 0.2) is 53.6 Å². The lowest BCUT2D eigenvalue weighted by Gasteiger charge is -2.43. The first kappa shape index (κ1) is 13.2. The number of nitrogens with zero attached hydrogens (tertiary/aromatic N) is 2. The van der Waals surface area contributed by atoms with Gasteiger partial charge in [0.15, 0.2) is 5.72 Å². The van der Waals surface area contributed by atoms with Crippen molar-refractivity contribution in [3.05, 3.63) is 59.7 Å². The number of phenolic OH excluding ortho intramolecular Hbond substituents is 1. The largest absolute Gasteiger partial charge is 0.507 e. The lowest BCUT2D eigenvalue weighted by atomic mass is 9.95. The maximum Gasteiger partial charge on any atom is 0.192 e. The SMILES string of the molecule is CC1(C)Oc2ccccc2[C@@H]2CC(c3ccccc3O)=NN21. The minimum atomic E-state index is -0.509. The summed E-state index contributed by atoms with van der Waals surface area (Å²) in [4.78, 5) is 0. The lowest BCUT2D eigenvalue weighted by Crippen LogP contribution is -2.48. The van der Waals surface area contributed by atoms with Gasteiger partial charge in [0.1, 0.15) is 11.5 Å². The second-order valence-corrected chi connectivity index (χ2v) is 6.21. The summed E-state index contributed by atoms with van der Waals surface area (Å²) in [5, 5.41) is 16.9. The van der Waals surface area contributed by atoms with Gasteiger partial charge in [0, 0.05) is 17.5 Å². The van der Waals surface area contributed by atoms with Crippen LogP contribution in [0, 0.1) is 0 Å². The van der Waals surface area contributed by atoms with E-state index in [0.29, 0.717) is 0 Å². The molecule has 22 heavy (non-hydrogen) atoms. The second kappa shape index (κ2) is 4.50. The number of hydrogen-bond acceptors (Lipinski definition) is 4. The quantitative estimate of drug-likeness (QED) is 0.872. The van der Waals surface area contributed by atoms with Gasteiger partial charge in [-0.25, -0.2) is 5.01 Å². The summed E-state index contributed by atoms with van der Waals surface area (Å²) in [5.41, 5.74) is 2.34. The van der Waals surface area contributed by atoms with Crippen LogP contribution in [0.25, 0.3) is 0 Å². The van der Waals surface area contributed by atoms with Crippen LogP contribution in [-0.4, -0.2) is 21.6 Å². The molecule has 4 heteroatoms. The molecule has 112 valence electrons. The summed E-state index contributed by atoms with van der Waals surface area (Å²) in [6, 6.07) is 15.6. The van der Waals surface area contributed by atoms with Crippen LogP contribution in [0.5, 0.6) is 11.5 Å². The van der Waals surface area contributed by atoms with Gasteiger partial charge in [0.2, 0.25) is 0 Å². The predicted octanol–water partition coefficient (Wildman–Crippen LogP) is 3.67. The molecule has 0 saturated carbocycles. The fraction of sp³-hybridized carbons (Fsp3) is 0.278. The average molecular weight is 294 g/mol. The van der Waals surface area contributed by atoms with E-state index in [1.54, 1.807) is 6.07 Å². The van der Waals surface area contributed by atoms with Gasteiger partial charge in [-0.3, -0.25) is 0 Å². The Labute approximate surface area is 129 Å². The summed E-state index contributed by atoms with van der Waals surface area (Å²) in [7, 11) is 0. The molecule has 1 N–H and O–H groups in total. The van der Waals surface area contributed by atoms with Crippen molar-refractivity contribution in [1.82, 2.24) is 5.01 Å². The van der Waals surface area contributed by atoms with E-state index < -0.39 is 5.72 Å². The van der Waals surface area contributed by atoms with Gasteiger partial charge in [0.05, 0.1) is 11.8 Å². The zero-order chi connectivity index (χ0) is 15.3. The molecule has 0 unspecified atom stereocenters. The molecule has 0 fully saturated rings. The molecule has 2 aliphatic heterocycles. The molecular weight excluding hydrogens is 276 g/mol. The first-order valence-corrected chi connectivity index (χ1v) is 7.49. The van der Waals surface area contributed by atoms with Crippen molar-refractivity contribution in [3.8, 4) is 11.5 Å². The van der Waals surface area contributed by atoms with Crippen LogP contribution in [0.3, 0.4) is 0 Å². The third kappa shape index (κ3) is 1.87. The Morgan fingerprint density at radius 1 is 1.14 bits per heavy atom. The molecule has 4 rings (SSSR count). The molecule has 2 aromatic rings. The van der Waals surface area contributed by atoms with Crippen LogP contribution >= 0.6 is 0 Å². The second-order valence-electron chi connectivity index (χ2n) is 6.21. The molecule has 2 aliphatic rings. The summed E-state index contributed by atoms with van der Waals surface area (Å²) in [5.74, 6) is 1.19. The lowest BCUT2D eigenvalue weighted by molar-refractivity contribution is -0.0911. The Bertz CT molecular complexity index is 767. The Morgan fingerprint density at radius 3 is 2.68 bits per heavy atom. The zero-order valence-corrected chi connectivity index (χ0v) is 12.7. The molecule has 0 radical (unpaired) electrons. The maximum atomic E-state index is 10.1. The number of ether oxygens (including phenoxy) is 1. The Kier molecular flexibility index (Phi) is 2.70. The number of fused-ring (bicyclic) bond motifs is 3. The Balaban J connectivity index is 1.80. The van der Waals surface area contributed by atoms with Crippen molar-refractivity contribution in [1.29, 1.82) is 0 Å². The molecule has 0 aliphatic carbocycles. The van der Waals surface area contributed by atoms with Gasteiger partial charge in [0.25, 0.3) is 0 Å². The van der Waals surface area contributed by atoms with Gasteiger partial charge >= 0.3 is 0 Å². The van der Waals surface area contributed by atoms with Crippen molar-refractivity contribution in [3.63, 3.8) is 0 Å². The number of hydrogen-bond donors (Lipinski definition) is 1. The molecule has 0 aromatic heterocycles. The third-order valence-electron chi connectivity index (χ3n) is 4.31. The van der Waals surface area contributed by atoms with Crippen molar-refractivity contribution in [2.75, 3.05) is 0 Å². The van der Waals surface area contributed by atoms with E-state index in [-0.39, 0.29) is 11.8 Å². The molecule has 4 nitrogen and oxygen atoms in total. The van der Waals surface area contributed by atoms with E-state index in [1.807, 2.05) is 55.3 Å². The maximum absolute atomic E-state index is 10.1. The van der Waals surface area contributed by atoms with E-state index in [4.69, 9.17) is 9.84 Å². The van der Waals surface area contributed by atoms with Crippen molar-refractivity contribution < 1.29 is 9.84 Å². The number of benzene rings is 2. The highest BCUT2D eigenvalue weighted by atomic mass is 16.5. The Morgan fingerprint density at radius 2 is 1.86 bits per heavy atom. The first-order valence-electron chi connectivity index (χ1n) is 7.49. The highest BCUT2D eigenvalue weighted by molar-refractivity contribution is 6.04. The summed E-state index contributed by atoms with van der Waals surface area (Å²) in [6.45, 7) is 4.04. The van der Waals surface area contributed by atoms with Crippen molar-refractivity contribution in [2.45, 2.75) is 32.0 Å². The van der Waals surface area contributed by atoms with E-state index >= 15 is 0 Å². The highest BCUT2D eigenvalue weighted by Gasteiger charge is 2.44. The van der Waals surface area contributed by atoms with Crippen molar-refractivity contribution in [2.24, 2.45) is 5.10 Å². The summed E-state index contributed by atoms with van der Waals surface area (Å²) in [6.07, 6.45) is 0.765. The standard InChI is InChI=1S/C18H18N2O2/c1-18(2)20-15(13-8-4-6-10-17(13)22-18)11-14(19-20)12-7-3-5-9-16(12)21/h3-10,15,21H,11H2,1-2H3/t15-/m0/s1. The molecule has 2 heterocycles. The smallest absolute Gasteiger partial charge is 0.192 e. The number of rotatable bonds is 1. The van der Waals surface area contributed by atoms with Crippen LogP contribution in [0.2, 0.25) is 0 Å².